The number of nitro benzene ring substituents is 1. The fourth-order valence-corrected chi connectivity index (χ4v) is 4.09. The van der Waals surface area contributed by atoms with E-state index in [2.05, 4.69) is 37.1 Å². The molecule has 0 saturated carbocycles. The van der Waals surface area contributed by atoms with Gasteiger partial charge in [-0.2, -0.15) is 0 Å². The highest BCUT2D eigenvalue weighted by atomic mass is 79.9. The Balaban J connectivity index is 1.62. The van der Waals surface area contributed by atoms with Crippen LogP contribution in [-0.2, 0) is 9.47 Å². The Labute approximate surface area is 188 Å². The largest absolute Gasteiger partial charge is 0.378 e. The van der Waals surface area contributed by atoms with E-state index in [-0.39, 0.29) is 11.3 Å². The van der Waals surface area contributed by atoms with Gasteiger partial charge in [0.25, 0.3) is 11.6 Å². The summed E-state index contributed by atoms with van der Waals surface area (Å²) in [6.45, 7) is 5.69. The van der Waals surface area contributed by atoms with Crippen LogP contribution in [0.2, 0.25) is 0 Å². The van der Waals surface area contributed by atoms with E-state index >= 15 is 0 Å². The van der Waals surface area contributed by atoms with Crippen molar-refractivity contribution in [2.45, 2.75) is 0 Å². The van der Waals surface area contributed by atoms with Crippen molar-refractivity contribution in [2.24, 2.45) is 0 Å². The van der Waals surface area contributed by atoms with Crippen LogP contribution in [0.1, 0.15) is 10.4 Å². The summed E-state index contributed by atoms with van der Waals surface area (Å²) in [7, 11) is 0. The third-order valence-electron chi connectivity index (χ3n) is 5.36. The van der Waals surface area contributed by atoms with Gasteiger partial charge in [0, 0.05) is 43.5 Å². The number of nitro groups is 1. The Kier molecular flexibility index (Phi) is 6.69. The van der Waals surface area contributed by atoms with E-state index in [9.17, 15) is 14.9 Å². The monoisotopic (exact) mass is 490 g/mol. The van der Waals surface area contributed by atoms with Gasteiger partial charge in [0.1, 0.15) is 0 Å². The van der Waals surface area contributed by atoms with Gasteiger partial charge in [0.15, 0.2) is 0 Å². The predicted octanol–water partition coefficient (Wildman–Crippen LogP) is 3.28. The van der Waals surface area contributed by atoms with Crippen molar-refractivity contribution in [2.75, 3.05) is 67.7 Å². The molecule has 0 aliphatic carbocycles. The minimum atomic E-state index is -0.517. The van der Waals surface area contributed by atoms with Crippen LogP contribution in [0.3, 0.4) is 0 Å². The molecule has 2 aliphatic rings. The number of carbonyl (C=O) groups is 1. The number of amides is 1. The summed E-state index contributed by atoms with van der Waals surface area (Å²) >= 11 is 3.15. The number of anilines is 3. The molecule has 0 bridgehead atoms. The molecule has 31 heavy (non-hydrogen) atoms. The number of benzene rings is 2. The third kappa shape index (κ3) is 4.97. The molecular weight excluding hydrogens is 468 g/mol. The first-order valence-electron chi connectivity index (χ1n) is 10.1. The Morgan fingerprint density at radius 1 is 0.968 bits per heavy atom. The number of ether oxygens (including phenoxy) is 2. The van der Waals surface area contributed by atoms with Gasteiger partial charge >= 0.3 is 0 Å². The van der Waals surface area contributed by atoms with Gasteiger partial charge < -0.3 is 24.6 Å². The minimum absolute atomic E-state index is 0.149. The van der Waals surface area contributed by atoms with Crippen LogP contribution in [0, 0.1) is 10.1 Å². The Hall–Kier alpha value is -2.69. The second-order valence-corrected chi connectivity index (χ2v) is 8.13. The average molecular weight is 491 g/mol. The number of hydrogen-bond acceptors (Lipinski definition) is 7. The number of nitrogens with one attached hydrogen (secondary N) is 1. The number of halogens is 1. The molecule has 0 unspecified atom stereocenters. The summed E-state index contributed by atoms with van der Waals surface area (Å²) in [6.07, 6.45) is 0. The van der Waals surface area contributed by atoms with E-state index in [0.717, 1.165) is 37.6 Å². The number of morpholine rings is 2. The molecule has 2 aromatic rings. The highest BCUT2D eigenvalue weighted by molar-refractivity contribution is 9.10. The number of hydrogen-bond donors (Lipinski definition) is 1. The molecule has 1 amide bonds. The highest BCUT2D eigenvalue weighted by Crippen LogP contribution is 2.33. The maximum atomic E-state index is 12.9. The summed E-state index contributed by atoms with van der Waals surface area (Å²) in [5.41, 5.74) is 2.72. The number of carbonyl (C=O) groups excluding carboxylic acids is 1. The van der Waals surface area contributed by atoms with Gasteiger partial charge in [0.05, 0.1) is 47.2 Å². The maximum Gasteiger partial charge on any atom is 0.284 e. The molecule has 2 heterocycles. The van der Waals surface area contributed by atoms with Crippen molar-refractivity contribution in [1.29, 1.82) is 0 Å². The van der Waals surface area contributed by atoms with Crippen LogP contribution in [-0.4, -0.2) is 63.4 Å². The van der Waals surface area contributed by atoms with Crippen molar-refractivity contribution < 1.29 is 19.2 Å². The molecule has 1 N–H and O–H groups in total. The molecule has 10 heteroatoms. The van der Waals surface area contributed by atoms with Gasteiger partial charge in [0.2, 0.25) is 0 Å². The second kappa shape index (κ2) is 9.63. The molecule has 2 aromatic carbocycles. The van der Waals surface area contributed by atoms with Crippen LogP contribution in [0.5, 0.6) is 0 Å². The lowest BCUT2D eigenvalue weighted by Crippen LogP contribution is -2.38. The van der Waals surface area contributed by atoms with Crippen LogP contribution >= 0.6 is 15.9 Å². The minimum Gasteiger partial charge on any atom is -0.378 e. The molecule has 0 radical (unpaired) electrons. The van der Waals surface area contributed by atoms with Crippen molar-refractivity contribution in [1.82, 2.24) is 0 Å². The van der Waals surface area contributed by atoms with Crippen molar-refractivity contribution >= 4 is 44.6 Å². The lowest BCUT2D eigenvalue weighted by molar-refractivity contribution is -0.385. The SMILES string of the molecule is O=C(Nc1ccc(N2CCOCC2)cc1N1CCOCC1)c1ccc(Br)c([N+](=O)[O-])c1. The fraction of sp³-hybridized carbons (Fsp3) is 0.381. The zero-order valence-corrected chi connectivity index (χ0v) is 18.5. The molecule has 4 rings (SSSR count). The summed E-state index contributed by atoms with van der Waals surface area (Å²) in [4.78, 5) is 28.0. The normalized spacial score (nSPS) is 16.8. The van der Waals surface area contributed by atoms with Gasteiger partial charge in [-0.25, -0.2) is 0 Å². The standard InChI is InChI=1S/C21H23BrN4O5/c22-17-3-1-15(13-19(17)26(28)29)21(27)23-18-4-2-16(24-5-9-30-10-6-24)14-20(18)25-7-11-31-12-8-25/h1-4,13-14H,5-12H2,(H,23,27). The smallest absolute Gasteiger partial charge is 0.284 e. The molecule has 9 nitrogen and oxygen atoms in total. The molecule has 0 atom stereocenters. The average Bonchev–Trinajstić information content (AvgIpc) is 2.80. The molecule has 164 valence electrons. The maximum absolute atomic E-state index is 12.9. The highest BCUT2D eigenvalue weighted by Gasteiger charge is 2.21. The summed E-state index contributed by atoms with van der Waals surface area (Å²) in [5, 5.41) is 14.2. The van der Waals surface area contributed by atoms with E-state index in [1.807, 2.05) is 12.1 Å². The van der Waals surface area contributed by atoms with Crippen LogP contribution in [0.25, 0.3) is 0 Å². The first-order chi connectivity index (χ1) is 15.0. The summed E-state index contributed by atoms with van der Waals surface area (Å²) < 4.78 is 11.3. The van der Waals surface area contributed by atoms with E-state index in [0.29, 0.717) is 36.6 Å². The Morgan fingerprint density at radius 2 is 1.61 bits per heavy atom. The molecule has 0 aromatic heterocycles. The Bertz CT molecular complexity index is 974. The van der Waals surface area contributed by atoms with Gasteiger partial charge in [-0.3, -0.25) is 14.9 Å². The van der Waals surface area contributed by atoms with Crippen molar-refractivity contribution in [3.8, 4) is 0 Å². The first kappa shape index (κ1) is 21.5. The molecule has 2 fully saturated rings. The topological polar surface area (TPSA) is 97.2 Å². The summed E-state index contributed by atoms with van der Waals surface area (Å²) in [6, 6.07) is 10.3. The fourth-order valence-electron chi connectivity index (χ4n) is 3.70. The van der Waals surface area contributed by atoms with Crippen LogP contribution < -0.4 is 15.1 Å². The molecule has 2 aliphatic heterocycles. The van der Waals surface area contributed by atoms with Gasteiger partial charge in [-0.1, -0.05) is 0 Å². The van der Waals surface area contributed by atoms with E-state index in [1.54, 1.807) is 6.07 Å². The molecule has 0 spiro atoms. The van der Waals surface area contributed by atoms with Crippen LogP contribution in [0.4, 0.5) is 22.7 Å². The first-order valence-corrected chi connectivity index (χ1v) is 10.9. The second-order valence-electron chi connectivity index (χ2n) is 7.28. The van der Waals surface area contributed by atoms with Gasteiger partial charge in [-0.15, -0.1) is 0 Å². The number of rotatable bonds is 5. The summed E-state index contributed by atoms with van der Waals surface area (Å²) in [5.74, 6) is -0.399. The lowest BCUT2D eigenvalue weighted by atomic mass is 10.1. The van der Waals surface area contributed by atoms with Crippen molar-refractivity contribution in [3.05, 3.63) is 56.5 Å². The number of nitrogens with zero attached hydrogens (tertiary/aromatic N) is 3. The quantitative estimate of drug-likeness (QED) is 0.507. The molecule has 2 saturated heterocycles. The van der Waals surface area contributed by atoms with Crippen LogP contribution in [0.15, 0.2) is 40.9 Å². The van der Waals surface area contributed by atoms with E-state index in [1.165, 1.54) is 12.1 Å². The van der Waals surface area contributed by atoms with Crippen molar-refractivity contribution in [3.63, 3.8) is 0 Å². The Morgan fingerprint density at radius 3 is 2.26 bits per heavy atom. The van der Waals surface area contributed by atoms with Gasteiger partial charge in [-0.05, 0) is 46.3 Å². The van der Waals surface area contributed by atoms with E-state index < -0.39 is 10.8 Å². The third-order valence-corrected chi connectivity index (χ3v) is 6.03. The zero-order chi connectivity index (χ0) is 21.8. The zero-order valence-electron chi connectivity index (χ0n) is 16.9. The predicted molar refractivity (Wildman–Crippen MR) is 121 cm³/mol. The van der Waals surface area contributed by atoms with E-state index in [4.69, 9.17) is 9.47 Å². The lowest BCUT2D eigenvalue weighted by Gasteiger charge is -2.33. The molecular formula is C21H23BrN4O5.